The molecule has 0 aliphatic heterocycles. The molecule has 6 aromatic rings. The van der Waals surface area contributed by atoms with E-state index in [9.17, 15) is 0 Å². The van der Waals surface area contributed by atoms with Gasteiger partial charge in [-0.15, -0.1) is 54.1 Å². The molecule has 0 atom stereocenters. The maximum Gasteiger partial charge on any atom is 0.216 e. The Hall–Kier alpha value is -3.44. The number of rotatable bonds is 6. The number of hydrogen-bond acceptors (Lipinski definition) is 4. The number of fused-ring (bicyclic) bond motifs is 3. The number of furan rings is 1. The van der Waals surface area contributed by atoms with Crippen LogP contribution in [0, 0.1) is 25.0 Å². The zero-order chi connectivity index (χ0) is 31.6. The van der Waals surface area contributed by atoms with Crippen LogP contribution in [0.3, 0.4) is 0 Å². The fraction of sp³-hybridized carbons (Fsp3) is 0.325. The molecule has 6 heteroatoms. The van der Waals surface area contributed by atoms with Crippen molar-refractivity contribution in [1.29, 1.82) is 0 Å². The SMILES string of the molecule is C[Si](C)(C)c1cnc(-c2[c-]cccc2)cc1CC1CCCC1.Cc1ccc2c(n1)oc1c(-c3cc(C(C)C)ccn3)[c-]ccc12.[Ir]. The summed E-state index contributed by atoms with van der Waals surface area (Å²) in [6.07, 6.45) is 10.9. The van der Waals surface area contributed by atoms with E-state index in [1.54, 1.807) is 10.8 Å². The summed E-state index contributed by atoms with van der Waals surface area (Å²) in [5.41, 5.74) is 9.18. The number of aromatic nitrogens is 3. The Morgan fingerprint density at radius 2 is 1.70 bits per heavy atom. The van der Waals surface area contributed by atoms with E-state index in [2.05, 4.69) is 98.2 Å². The normalized spacial score (nSPS) is 13.5. The molecule has 0 spiro atoms. The molecule has 4 heterocycles. The Balaban J connectivity index is 0.000000178. The minimum atomic E-state index is -1.35. The van der Waals surface area contributed by atoms with Gasteiger partial charge in [0.25, 0.3) is 0 Å². The van der Waals surface area contributed by atoms with Gasteiger partial charge in [-0.1, -0.05) is 93.4 Å². The van der Waals surface area contributed by atoms with Crippen molar-refractivity contribution in [2.75, 3.05) is 0 Å². The van der Waals surface area contributed by atoms with Gasteiger partial charge in [-0.05, 0) is 60.0 Å². The van der Waals surface area contributed by atoms with Crippen LogP contribution in [0.15, 0.2) is 83.5 Å². The van der Waals surface area contributed by atoms with E-state index in [1.807, 2.05) is 43.5 Å². The van der Waals surface area contributed by atoms with Crippen molar-refractivity contribution in [2.24, 2.45) is 5.92 Å². The van der Waals surface area contributed by atoms with Gasteiger partial charge in [0.15, 0.2) is 0 Å². The summed E-state index contributed by atoms with van der Waals surface area (Å²) in [6.45, 7) is 13.6. The third kappa shape index (κ3) is 7.57. The average Bonchev–Trinajstić information content (AvgIpc) is 3.68. The Morgan fingerprint density at radius 3 is 2.41 bits per heavy atom. The molecular weight excluding hydrogens is 759 g/mol. The molecule has 0 saturated heterocycles. The van der Waals surface area contributed by atoms with Crippen molar-refractivity contribution in [3.63, 3.8) is 0 Å². The number of benzene rings is 2. The monoisotopic (exact) mass is 802 g/mol. The third-order valence-corrected chi connectivity index (χ3v) is 11.0. The van der Waals surface area contributed by atoms with Crippen LogP contribution in [0.25, 0.3) is 44.6 Å². The maximum atomic E-state index is 6.04. The van der Waals surface area contributed by atoms with Crippen molar-refractivity contribution in [2.45, 2.75) is 78.4 Å². The molecule has 1 aliphatic rings. The van der Waals surface area contributed by atoms with Crippen LogP contribution >= 0.6 is 0 Å². The van der Waals surface area contributed by atoms with E-state index >= 15 is 0 Å². The summed E-state index contributed by atoms with van der Waals surface area (Å²) in [5, 5.41) is 3.62. The smallest absolute Gasteiger partial charge is 0.216 e. The molecule has 1 saturated carbocycles. The second-order valence-corrected chi connectivity index (χ2v) is 18.8. The first-order chi connectivity index (χ1) is 21.7. The summed E-state index contributed by atoms with van der Waals surface area (Å²) < 4.78 is 6.04. The summed E-state index contributed by atoms with van der Waals surface area (Å²) in [7, 11) is -1.35. The van der Waals surface area contributed by atoms with E-state index in [0.717, 1.165) is 50.5 Å². The van der Waals surface area contributed by atoms with Gasteiger partial charge in [0.1, 0.15) is 0 Å². The third-order valence-electron chi connectivity index (χ3n) is 8.91. The Kier molecular flexibility index (Phi) is 10.7. The number of pyridine rings is 3. The van der Waals surface area contributed by atoms with Crippen molar-refractivity contribution < 1.29 is 24.5 Å². The molecule has 2 aromatic carbocycles. The van der Waals surface area contributed by atoms with Crippen molar-refractivity contribution in [3.05, 3.63) is 108 Å². The van der Waals surface area contributed by atoms with Crippen LogP contribution in [0.4, 0.5) is 0 Å². The van der Waals surface area contributed by atoms with Crippen LogP contribution in [-0.4, -0.2) is 23.0 Å². The van der Waals surface area contributed by atoms with Crippen LogP contribution in [0.1, 0.15) is 62.3 Å². The summed E-state index contributed by atoms with van der Waals surface area (Å²) in [4.78, 5) is 13.8. The molecule has 1 radical (unpaired) electrons. The first-order valence-electron chi connectivity index (χ1n) is 16.3. The molecule has 0 unspecified atom stereocenters. The molecular formula is C40H43IrN3OSi-2. The first kappa shape index (κ1) is 33.9. The van der Waals surface area contributed by atoms with E-state index in [1.165, 1.54) is 37.7 Å². The van der Waals surface area contributed by atoms with E-state index in [0.29, 0.717) is 11.6 Å². The number of hydrogen-bond donors (Lipinski definition) is 0. The minimum Gasteiger partial charge on any atom is -0.486 e. The van der Waals surface area contributed by atoms with Crippen LogP contribution in [0.2, 0.25) is 19.6 Å². The molecule has 4 nitrogen and oxygen atoms in total. The quantitative estimate of drug-likeness (QED) is 0.124. The Morgan fingerprint density at radius 1 is 0.891 bits per heavy atom. The predicted molar refractivity (Wildman–Crippen MR) is 190 cm³/mol. The van der Waals surface area contributed by atoms with E-state index in [4.69, 9.17) is 9.40 Å². The summed E-state index contributed by atoms with van der Waals surface area (Å²) in [6, 6.07) is 29.3. The maximum absolute atomic E-state index is 6.04. The van der Waals surface area contributed by atoms with Gasteiger partial charge in [-0.25, -0.2) is 4.98 Å². The molecule has 4 aromatic heterocycles. The van der Waals surface area contributed by atoms with Crippen molar-refractivity contribution >= 4 is 35.3 Å². The van der Waals surface area contributed by atoms with Crippen LogP contribution in [-0.2, 0) is 26.5 Å². The van der Waals surface area contributed by atoms with E-state index < -0.39 is 8.07 Å². The first-order valence-corrected chi connectivity index (χ1v) is 19.8. The van der Waals surface area contributed by atoms with Gasteiger partial charge >= 0.3 is 0 Å². The van der Waals surface area contributed by atoms with Gasteiger partial charge < -0.3 is 14.4 Å². The topological polar surface area (TPSA) is 51.8 Å². The Bertz CT molecular complexity index is 1920. The van der Waals surface area contributed by atoms with Gasteiger partial charge in [0.2, 0.25) is 5.71 Å². The second-order valence-electron chi connectivity index (χ2n) is 13.7. The predicted octanol–water partition coefficient (Wildman–Crippen LogP) is 10.1. The minimum absolute atomic E-state index is 0. The zero-order valence-corrected chi connectivity index (χ0v) is 31.2. The van der Waals surface area contributed by atoms with E-state index in [-0.39, 0.29) is 20.1 Å². The van der Waals surface area contributed by atoms with Crippen LogP contribution in [0.5, 0.6) is 0 Å². The Labute approximate surface area is 288 Å². The molecule has 1 fully saturated rings. The molecule has 239 valence electrons. The van der Waals surface area contributed by atoms with Gasteiger partial charge in [0.05, 0.1) is 13.7 Å². The van der Waals surface area contributed by atoms with Gasteiger partial charge in [0, 0.05) is 43.6 Å². The standard InChI is InChI=1S/C20H17N2O.C20H26NSi.Ir/c1-12(2)14-9-10-21-18(11-14)17-6-4-5-15-16-8-7-13(3)22-20(16)23-19(15)17;1-22(2,3)20-15-21-19(17-11-5-4-6-12-17)14-18(20)13-16-9-7-8-10-16;/h4-5,7-12H,1-3H3;4-6,11,14-16H,7-10,13H2,1-3H3;/q2*-1;. The zero-order valence-electron chi connectivity index (χ0n) is 27.8. The van der Waals surface area contributed by atoms with Crippen molar-refractivity contribution in [3.8, 4) is 22.5 Å². The van der Waals surface area contributed by atoms with Gasteiger partial charge in [-0.2, -0.15) is 0 Å². The molecule has 7 rings (SSSR count). The second kappa shape index (κ2) is 14.5. The summed E-state index contributed by atoms with van der Waals surface area (Å²) >= 11 is 0. The fourth-order valence-electron chi connectivity index (χ4n) is 6.41. The summed E-state index contributed by atoms with van der Waals surface area (Å²) in [5.74, 6) is 1.33. The molecule has 46 heavy (non-hydrogen) atoms. The van der Waals surface area contributed by atoms with Gasteiger partial charge in [-0.3, -0.25) is 0 Å². The fourth-order valence-corrected chi connectivity index (χ4v) is 8.00. The largest absolute Gasteiger partial charge is 0.486 e. The molecule has 0 N–H and O–H groups in total. The van der Waals surface area contributed by atoms with Crippen LogP contribution < -0.4 is 5.19 Å². The van der Waals surface area contributed by atoms with Crippen molar-refractivity contribution in [1.82, 2.24) is 15.0 Å². The number of aryl methyl sites for hydroxylation is 1. The number of nitrogens with zero attached hydrogens (tertiary/aromatic N) is 3. The molecule has 0 amide bonds. The molecule has 0 bridgehead atoms. The average molecular weight is 802 g/mol. The molecule has 1 aliphatic carbocycles.